The fraction of sp³-hybridized carbons (Fsp3) is 0.909. The van der Waals surface area contributed by atoms with Gasteiger partial charge < -0.3 is 15.8 Å². The third kappa shape index (κ3) is 2.92. The molecule has 2 unspecified atom stereocenters. The molecular weight excluding hydrogens is 192 g/mol. The van der Waals surface area contributed by atoms with Gasteiger partial charge in [0, 0.05) is 13.0 Å². The maximum absolute atomic E-state index is 11.5. The van der Waals surface area contributed by atoms with Crippen LogP contribution < -0.4 is 11.1 Å². The average molecular weight is 214 g/mol. The monoisotopic (exact) mass is 214 g/mol. The summed E-state index contributed by atoms with van der Waals surface area (Å²) in [5, 5.41) is 3.23. The van der Waals surface area contributed by atoms with E-state index in [1.165, 1.54) is 0 Å². The van der Waals surface area contributed by atoms with E-state index in [4.69, 9.17) is 10.5 Å². The maximum Gasteiger partial charge on any atom is 0.237 e. The first-order valence-corrected chi connectivity index (χ1v) is 5.81. The van der Waals surface area contributed by atoms with E-state index in [2.05, 4.69) is 12.2 Å². The summed E-state index contributed by atoms with van der Waals surface area (Å²) >= 11 is 0. The van der Waals surface area contributed by atoms with E-state index in [-0.39, 0.29) is 12.0 Å². The molecule has 0 aromatic carbocycles. The first kappa shape index (κ1) is 12.5. The van der Waals surface area contributed by atoms with Crippen molar-refractivity contribution in [3.05, 3.63) is 0 Å². The Morgan fingerprint density at radius 3 is 2.87 bits per heavy atom. The minimum atomic E-state index is -0.535. The number of nitrogens with two attached hydrogens (primary N) is 1. The van der Waals surface area contributed by atoms with Crippen LogP contribution in [0.25, 0.3) is 0 Å². The Hall–Kier alpha value is -0.610. The van der Waals surface area contributed by atoms with Crippen molar-refractivity contribution < 1.29 is 9.53 Å². The van der Waals surface area contributed by atoms with Crippen molar-refractivity contribution >= 4 is 5.91 Å². The van der Waals surface area contributed by atoms with Crippen LogP contribution in [0.2, 0.25) is 0 Å². The van der Waals surface area contributed by atoms with Gasteiger partial charge in [-0.05, 0) is 19.4 Å². The lowest BCUT2D eigenvalue weighted by Crippen LogP contribution is -2.59. The standard InChI is InChI=1S/C11H22N2O2/c1-3-5-9-8-11(10(12)14,13-4-2)6-7-15-9/h9,13H,3-8H2,1-2H3,(H2,12,14). The van der Waals surface area contributed by atoms with Crippen LogP contribution in [0.5, 0.6) is 0 Å². The van der Waals surface area contributed by atoms with Crippen molar-refractivity contribution in [2.45, 2.75) is 51.2 Å². The van der Waals surface area contributed by atoms with Gasteiger partial charge in [0.2, 0.25) is 5.91 Å². The molecule has 1 aliphatic heterocycles. The molecule has 0 aliphatic carbocycles. The third-order valence-electron chi connectivity index (χ3n) is 3.06. The largest absolute Gasteiger partial charge is 0.378 e. The van der Waals surface area contributed by atoms with Gasteiger partial charge in [-0.2, -0.15) is 0 Å². The van der Waals surface area contributed by atoms with Gasteiger partial charge in [-0.15, -0.1) is 0 Å². The number of amides is 1. The highest BCUT2D eigenvalue weighted by molar-refractivity contribution is 5.84. The van der Waals surface area contributed by atoms with Crippen LogP contribution in [0, 0.1) is 0 Å². The first-order chi connectivity index (χ1) is 7.14. The molecule has 0 aromatic rings. The fourth-order valence-electron chi connectivity index (χ4n) is 2.27. The molecule has 0 bridgehead atoms. The van der Waals surface area contributed by atoms with Crippen molar-refractivity contribution in [2.75, 3.05) is 13.2 Å². The Bertz CT molecular complexity index is 215. The van der Waals surface area contributed by atoms with Gasteiger partial charge in [-0.1, -0.05) is 20.3 Å². The lowest BCUT2D eigenvalue weighted by molar-refractivity contribution is -0.131. The van der Waals surface area contributed by atoms with Crippen LogP contribution in [0.4, 0.5) is 0 Å². The van der Waals surface area contributed by atoms with E-state index in [9.17, 15) is 4.79 Å². The van der Waals surface area contributed by atoms with E-state index in [0.29, 0.717) is 19.4 Å². The maximum atomic E-state index is 11.5. The molecule has 0 spiro atoms. The number of carbonyl (C=O) groups is 1. The molecule has 1 aliphatic rings. The molecule has 0 aromatic heterocycles. The highest BCUT2D eigenvalue weighted by Crippen LogP contribution is 2.26. The molecule has 1 amide bonds. The summed E-state index contributed by atoms with van der Waals surface area (Å²) in [4.78, 5) is 11.5. The molecule has 4 nitrogen and oxygen atoms in total. The van der Waals surface area contributed by atoms with Gasteiger partial charge in [0.25, 0.3) is 0 Å². The molecular formula is C11H22N2O2. The number of hydrogen-bond donors (Lipinski definition) is 2. The minimum Gasteiger partial charge on any atom is -0.378 e. The number of hydrogen-bond acceptors (Lipinski definition) is 3. The van der Waals surface area contributed by atoms with Crippen molar-refractivity contribution in [1.29, 1.82) is 0 Å². The summed E-state index contributed by atoms with van der Waals surface area (Å²) in [6.45, 7) is 5.51. The van der Waals surface area contributed by atoms with E-state index in [1.54, 1.807) is 0 Å². The minimum absolute atomic E-state index is 0.176. The molecule has 1 rings (SSSR count). The van der Waals surface area contributed by atoms with Gasteiger partial charge in [0.1, 0.15) is 5.54 Å². The first-order valence-electron chi connectivity index (χ1n) is 5.81. The van der Waals surface area contributed by atoms with E-state index >= 15 is 0 Å². The Balaban J connectivity index is 2.66. The third-order valence-corrected chi connectivity index (χ3v) is 3.06. The highest BCUT2D eigenvalue weighted by atomic mass is 16.5. The summed E-state index contributed by atoms with van der Waals surface area (Å²) in [5.41, 5.74) is 4.95. The van der Waals surface area contributed by atoms with Crippen LogP contribution in [-0.2, 0) is 9.53 Å². The van der Waals surface area contributed by atoms with Gasteiger partial charge in [0.05, 0.1) is 6.10 Å². The Labute approximate surface area is 91.5 Å². The van der Waals surface area contributed by atoms with Crippen molar-refractivity contribution in [3.63, 3.8) is 0 Å². The quantitative estimate of drug-likeness (QED) is 0.711. The summed E-state index contributed by atoms with van der Waals surface area (Å²) in [6, 6.07) is 0. The van der Waals surface area contributed by atoms with E-state index in [0.717, 1.165) is 19.4 Å². The van der Waals surface area contributed by atoms with Crippen LogP contribution in [-0.4, -0.2) is 30.7 Å². The molecule has 15 heavy (non-hydrogen) atoms. The zero-order valence-electron chi connectivity index (χ0n) is 9.71. The lowest BCUT2D eigenvalue weighted by atomic mass is 9.84. The van der Waals surface area contributed by atoms with E-state index < -0.39 is 5.54 Å². The second-order valence-electron chi connectivity index (χ2n) is 4.21. The normalized spacial score (nSPS) is 31.5. The van der Waals surface area contributed by atoms with E-state index in [1.807, 2.05) is 6.92 Å². The fourth-order valence-corrected chi connectivity index (χ4v) is 2.27. The number of carbonyl (C=O) groups excluding carboxylic acids is 1. The number of ether oxygens (including phenoxy) is 1. The molecule has 1 fully saturated rings. The van der Waals surface area contributed by atoms with Crippen LogP contribution >= 0.6 is 0 Å². The second-order valence-corrected chi connectivity index (χ2v) is 4.21. The molecule has 1 heterocycles. The van der Waals surface area contributed by atoms with Crippen LogP contribution in [0.3, 0.4) is 0 Å². The molecule has 2 atom stereocenters. The Morgan fingerprint density at radius 2 is 2.33 bits per heavy atom. The Kier molecular flexibility index (Phi) is 4.54. The number of primary amides is 1. The molecule has 88 valence electrons. The van der Waals surface area contributed by atoms with Gasteiger partial charge >= 0.3 is 0 Å². The topological polar surface area (TPSA) is 64.3 Å². The number of rotatable bonds is 5. The predicted octanol–water partition coefficient (Wildman–Crippen LogP) is 0.799. The highest BCUT2D eigenvalue weighted by Gasteiger charge is 2.40. The van der Waals surface area contributed by atoms with Gasteiger partial charge in [-0.3, -0.25) is 4.79 Å². The smallest absolute Gasteiger partial charge is 0.237 e. The van der Waals surface area contributed by atoms with Crippen molar-refractivity contribution in [3.8, 4) is 0 Å². The number of likely N-dealkylation sites (N-methyl/N-ethyl adjacent to an activating group) is 1. The summed E-state index contributed by atoms with van der Waals surface area (Å²) in [5.74, 6) is -0.242. The zero-order chi connectivity index (χ0) is 11.3. The van der Waals surface area contributed by atoms with Gasteiger partial charge in [-0.25, -0.2) is 0 Å². The zero-order valence-corrected chi connectivity index (χ0v) is 9.71. The van der Waals surface area contributed by atoms with Crippen molar-refractivity contribution in [1.82, 2.24) is 5.32 Å². The molecule has 4 heteroatoms. The van der Waals surface area contributed by atoms with Crippen LogP contribution in [0.1, 0.15) is 39.5 Å². The summed E-state index contributed by atoms with van der Waals surface area (Å²) in [7, 11) is 0. The Morgan fingerprint density at radius 1 is 1.60 bits per heavy atom. The molecule has 3 N–H and O–H groups in total. The number of nitrogens with one attached hydrogen (secondary N) is 1. The second kappa shape index (κ2) is 5.47. The van der Waals surface area contributed by atoms with Gasteiger partial charge in [0.15, 0.2) is 0 Å². The molecule has 1 saturated heterocycles. The van der Waals surface area contributed by atoms with Crippen molar-refractivity contribution in [2.24, 2.45) is 5.73 Å². The predicted molar refractivity (Wildman–Crippen MR) is 59.5 cm³/mol. The summed E-state index contributed by atoms with van der Waals surface area (Å²) < 4.78 is 5.62. The lowest BCUT2D eigenvalue weighted by Gasteiger charge is -2.39. The SMILES string of the molecule is CCCC1CC(NCC)(C(N)=O)CCO1. The average Bonchev–Trinajstić information content (AvgIpc) is 2.19. The molecule has 0 radical (unpaired) electrons. The summed E-state index contributed by atoms with van der Waals surface area (Å²) in [6.07, 6.45) is 3.65. The van der Waals surface area contributed by atoms with Crippen LogP contribution in [0.15, 0.2) is 0 Å². The molecule has 0 saturated carbocycles.